The summed E-state index contributed by atoms with van der Waals surface area (Å²) in [5.74, 6) is -7.90. The van der Waals surface area contributed by atoms with E-state index in [1.165, 1.54) is 0 Å². The number of rotatable bonds is 9. The molecule has 2 atom stereocenters. The first-order valence-electron chi connectivity index (χ1n) is 6.01. The van der Waals surface area contributed by atoms with E-state index in [1.54, 1.807) is 0 Å². The number of carbonyl (C=O) groups is 4. The Morgan fingerprint density at radius 3 is 2.10 bits per heavy atom. The van der Waals surface area contributed by atoms with E-state index in [4.69, 9.17) is 14.9 Å². The van der Waals surface area contributed by atoms with Crippen LogP contribution in [0.4, 0.5) is 0 Å². The zero-order valence-corrected chi connectivity index (χ0v) is 11.3. The average Bonchev–Trinajstić information content (AvgIpc) is 2.27. The smallest absolute Gasteiger partial charge is 0.337 e. The molecule has 0 fully saturated rings. The Morgan fingerprint density at radius 1 is 1.20 bits per heavy atom. The molecule has 3 N–H and O–H groups in total. The van der Waals surface area contributed by atoms with Gasteiger partial charge in [-0.15, -0.1) is 0 Å². The highest BCUT2D eigenvalue weighted by molar-refractivity contribution is 6.05. The quantitative estimate of drug-likeness (QED) is 0.302. The average molecular weight is 290 g/mol. The molecule has 2 unspecified atom stereocenters. The fourth-order valence-corrected chi connectivity index (χ4v) is 1.63. The van der Waals surface area contributed by atoms with Crippen molar-refractivity contribution >= 4 is 23.7 Å². The van der Waals surface area contributed by atoms with Crippen LogP contribution in [0.2, 0.25) is 0 Å². The van der Waals surface area contributed by atoms with Crippen molar-refractivity contribution in [3.63, 3.8) is 0 Å². The minimum atomic E-state index is -3.03. The van der Waals surface area contributed by atoms with Crippen LogP contribution in [0.25, 0.3) is 0 Å². The Hall–Kier alpha value is -1.96. The van der Waals surface area contributed by atoms with Crippen molar-refractivity contribution < 1.29 is 39.2 Å². The third-order valence-corrected chi connectivity index (χ3v) is 2.65. The highest BCUT2D eigenvalue weighted by atomic mass is 16.5. The molecule has 0 saturated carbocycles. The molecule has 114 valence electrons. The summed E-state index contributed by atoms with van der Waals surface area (Å²) in [5.41, 5.74) is -3.03. The van der Waals surface area contributed by atoms with E-state index in [0.717, 1.165) is 6.92 Å². The predicted octanol–water partition coefficient (Wildman–Crippen LogP) is -0.175. The summed E-state index contributed by atoms with van der Waals surface area (Å²) >= 11 is 0. The number of ketones is 1. The first-order chi connectivity index (χ1) is 9.16. The Labute approximate surface area is 115 Å². The van der Waals surface area contributed by atoms with Gasteiger partial charge in [0.1, 0.15) is 5.78 Å². The molecule has 0 radical (unpaired) electrons. The number of unbranched alkanes of at least 4 members (excludes halogenated alkanes) is 1. The molecule has 0 aliphatic heterocycles. The first-order valence-corrected chi connectivity index (χ1v) is 6.01. The maximum atomic E-state index is 11.7. The molecule has 0 aromatic rings. The summed E-state index contributed by atoms with van der Waals surface area (Å²) in [6.45, 7) is 2.68. The zero-order valence-electron chi connectivity index (χ0n) is 11.3. The molecule has 8 nitrogen and oxygen atoms in total. The molecule has 0 aliphatic carbocycles. The Kier molecular flexibility index (Phi) is 6.84. The number of hydrogen-bond donors (Lipinski definition) is 3. The topological polar surface area (TPSA) is 138 Å². The van der Waals surface area contributed by atoms with Gasteiger partial charge < -0.3 is 20.1 Å². The second-order valence-electron chi connectivity index (χ2n) is 4.36. The van der Waals surface area contributed by atoms with Gasteiger partial charge >= 0.3 is 17.9 Å². The SMILES string of the molecule is CCCCOC(=O)C(C(C)=O)C(O)(CC(=O)O)C(=O)O. The maximum Gasteiger partial charge on any atom is 0.337 e. The summed E-state index contributed by atoms with van der Waals surface area (Å²) in [6.07, 6.45) is -0.0768. The Bertz CT molecular complexity index is 402. The van der Waals surface area contributed by atoms with E-state index < -0.39 is 41.6 Å². The van der Waals surface area contributed by atoms with E-state index in [0.29, 0.717) is 12.8 Å². The molecular weight excluding hydrogens is 272 g/mol. The zero-order chi connectivity index (χ0) is 15.9. The van der Waals surface area contributed by atoms with Crippen LogP contribution >= 0.6 is 0 Å². The van der Waals surface area contributed by atoms with Crippen LogP contribution in [0.5, 0.6) is 0 Å². The standard InChI is InChI=1S/C12H18O8/c1-3-4-5-20-10(16)9(7(2)13)12(19,11(17)18)6-8(14)15/h9,19H,3-6H2,1-2H3,(H,14,15)(H,17,18). The lowest BCUT2D eigenvalue weighted by Crippen LogP contribution is -2.54. The van der Waals surface area contributed by atoms with Gasteiger partial charge in [0.25, 0.3) is 0 Å². The van der Waals surface area contributed by atoms with Crippen molar-refractivity contribution in [2.24, 2.45) is 5.92 Å². The number of aliphatic carboxylic acids is 2. The van der Waals surface area contributed by atoms with Crippen LogP contribution in [-0.4, -0.2) is 51.2 Å². The van der Waals surface area contributed by atoms with Crippen LogP contribution < -0.4 is 0 Å². The fraction of sp³-hybridized carbons (Fsp3) is 0.667. The van der Waals surface area contributed by atoms with Crippen molar-refractivity contribution in [2.45, 2.75) is 38.7 Å². The van der Waals surface area contributed by atoms with Gasteiger partial charge in [0.05, 0.1) is 13.0 Å². The largest absolute Gasteiger partial charge is 0.481 e. The molecule has 0 spiro atoms. The lowest BCUT2D eigenvalue weighted by atomic mass is 9.82. The second kappa shape index (κ2) is 7.59. The second-order valence-corrected chi connectivity index (χ2v) is 4.36. The van der Waals surface area contributed by atoms with Gasteiger partial charge in [0.15, 0.2) is 11.5 Å². The molecule has 0 saturated heterocycles. The minimum absolute atomic E-state index is 0.0398. The van der Waals surface area contributed by atoms with Gasteiger partial charge in [-0.05, 0) is 13.3 Å². The van der Waals surface area contributed by atoms with Gasteiger partial charge in [0, 0.05) is 0 Å². The van der Waals surface area contributed by atoms with Crippen molar-refractivity contribution in [3.05, 3.63) is 0 Å². The number of esters is 1. The van der Waals surface area contributed by atoms with E-state index >= 15 is 0 Å². The van der Waals surface area contributed by atoms with Crippen molar-refractivity contribution in [1.82, 2.24) is 0 Å². The third kappa shape index (κ3) is 4.61. The highest BCUT2D eigenvalue weighted by Crippen LogP contribution is 2.25. The Morgan fingerprint density at radius 2 is 1.75 bits per heavy atom. The molecule has 0 aromatic heterocycles. The van der Waals surface area contributed by atoms with Gasteiger partial charge in [-0.1, -0.05) is 13.3 Å². The fourth-order valence-electron chi connectivity index (χ4n) is 1.63. The number of carboxylic acids is 2. The van der Waals surface area contributed by atoms with Crippen LogP contribution in [-0.2, 0) is 23.9 Å². The monoisotopic (exact) mass is 290 g/mol. The number of aliphatic hydroxyl groups is 1. The van der Waals surface area contributed by atoms with E-state index in [2.05, 4.69) is 0 Å². The van der Waals surface area contributed by atoms with Crippen molar-refractivity contribution in [2.75, 3.05) is 6.61 Å². The molecule has 0 heterocycles. The van der Waals surface area contributed by atoms with Gasteiger partial charge in [-0.25, -0.2) is 4.79 Å². The van der Waals surface area contributed by atoms with Crippen LogP contribution in [0, 0.1) is 5.92 Å². The number of carboxylic acid groups (broad SMARTS) is 2. The number of Topliss-reactive ketones (excluding diaryl/α,β-unsaturated/α-hetero) is 1. The van der Waals surface area contributed by atoms with Crippen LogP contribution in [0.3, 0.4) is 0 Å². The number of carbonyl (C=O) groups excluding carboxylic acids is 2. The van der Waals surface area contributed by atoms with E-state index in [1.807, 2.05) is 6.92 Å². The van der Waals surface area contributed by atoms with Gasteiger partial charge in [-0.2, -0.15) is 0 Å². The number of ether oxygens (including phenoxy) is 1. The van der Waals surface area contributed by atoms with E-state index in [9.17, 15) is 24.3 Å². The molecular formula is C12H18O8. The predicted molar refractivity (Wildman–Crippen MR) is 64.9 cm³/mol. The molecule has 0 aromatic carbocycles. The summed E-state index contributed by atoms with van der Waals surface area (Å²) in [6, 6.07) is 0. The highest BCUT2D eigenvalue weighted by Gasteiger charge is 2.53. The van der Waals surface area contributed by atoms with E-state index in [-0.39, 0.29) is 6.61 Å². The summed E-state index contributed by atoms with van der Waals surface area (Å²) < 4.78 is 4.71. The van der Waals surface area contributed by atoms with Crippen molar-refractivity contribution in [3.8, 4) is 0 Å². The lowest BCUT2D eigenvalue weighted by molar-refractivity contribution is -0.182. The molecule has 0 aliphatic rings. The van der Waals surface area contributed by atoms with Crippen LogP contribution in [0.1, 0.15) is 33.1 Å². The summed E-state index contributed by atoms with van der Waals surface area (Å²) in [4.78, 5) is 44.9. The summed E-state index contributed by atoms with van der Waals surface area (Å²) in [7, 11) is 0. The molecule has 20 heavy (non-hydrogen) atoms. The first kappa shape index (κ1) is 18.0. The summed E-state index contributed by atoms with van der Waals surface area (Å²) in [5, 5.41) is 27.5. The lowest BCUT2D eigenvalue weighted by Gasteiger charge is -2.27. The van der Waals surface area contributed by atoms with Crippen molar-refractivity contribution in [1.29, 1.82) is 0 Å². The number of hydrogen-bond acceptors (Lipinski definition) is 6. The Balaban J connectivity index is 5.29. The van der Waals surface area contributed by atoms with Gasteiger partial charge in [0.2, 0.25) is 0 Å². The van der Waals surface area contributed by atoms with Gasteiger partial charge in [-0.3, -0.25) is 14.4 Å². The maximum absolute atomic E-state index is 11.7. The third-order valence-electron chi connectivity index (χ3n) is 2.65. The molecule has 8 heteroatoms. The molecule has 0 amide bonds. The normalized spacial score (nSPS) is 14.9. The minimum Gasteiger partial charge on any atom is -0.481 e. The molecule has 0 rings (SSSR count). The molecule has 0 bridgehead atoms. The van der Waals surface area contributed by atoms with Crippen LogP contribution in [0.15, 0.2) is 0 Å².